The van der Waals surface area contributed by atoms with E-state index in [1.807, 2.05) is 24.3 Å². The lowest BCUT2D eigenvalue weighted by Crippen LogP contribution is -2.14. The quantitative estimate of drug-likeness (QED) is 0.207. The maximum atomic E-state index is 12.6. The number of nitriles is 1. The standard InChI is InChI=1S/C24H18ClN3O5/c1-32-19-9-10-22(23(13-19)28(30)31)27-24(29)18(14-26)11-16-5-4-7-20(12-16)33-15-17-6-2-3-8-21(17)25/h2-13H,15H2,1H3,(H,27,29)/b18-11+. The van der Waals surface area contributed by atoms with Gasteiger partial charge in [0.2, 0.25) is 0 Å². The number of anilines is 1. The highest BCUT2D eigenvalue weighted by atomic mass is 35.5. The molecule has 0 bridgehead atoms. The molecule has 0 aromatic heterocycles. The zero-order valence-corrected chi connectivity index (χ0v) is 18.2. The van der Waals surface area contributed by atoms with Crippen LogP contribution in [0.1, 0.15) is 11.1 Å². The van der Waals surface area contributed by atoms with Gasteiger partial charge < -0.3 is 14.8 Å². The Morgan fingerprint density at radius 1 is 1.15 bits per heavy atom. The van der Waals surface area contributed by atoms with E-state index in [4.69, 9.17) is 21.1 Å². The molecule has 166 valence electrons. The molecule has 1 N–H and O–H groups in total. The molecule has 0 saturated heterocycles. The summed E-state index contributed by atoms with van der Waals surface area (Å²) in [6.45, 7) is 0.250. The highest BCUT2D eigenvalue weighted by molar-refractivity contribution is 6.31. The maximum absolute atomic E-state index is 12.6. The number of nitrogens with zero attached hydrogens (tertiary/aromatic N) is 2. The van der Waals surface area contributed by atoms with Crippen LogP contribution in [0.2, 0.25) is 5.02 Å². The largest absolute Gasteiger partial charge is 0.496 e. The van der Waals surface area contributed by atoms with E-state index in [2.05, 4.69) is 5.32 Å². The summed E-state index contributed by atoms with van der Waals surface area (Å²) in [6.07, 6.45) is 1.37. The van der Waals surface area contributed by atoms with Gasteiger partial charge in [0.1, 0.15) is 35.4 Å². The number of methoxy groups -OCH3 is 1. The van der Waals surface area contributed by atoms with Gasteiger partial charge in [0, 0.05) is 10.6 Å². The molecule has 8 nitrogen and oxygen atoms in total. The molecule has 33 heavy (non-hydrogen) atoms. The smallest absolute Gasteiger partial charge is 0.296 e. The second-order valence-electron chi connectivity index (χ2n) is 6.72. The molecule has 3 aromatic rings. The molecule has 0 aliphatic heterocycles. The summed E-state index contributed by atoms with van der Waals surface area (Å²) in [5.74, 6) is 0.00432. The van der Waals surface area contributed by atoms with E-state index < -0.39 is 10.8 Å². The van der Waals surface area contributed by atoms with Gasteiger partial charge in [-0.1, -0.05) is 41.9 Å². The molecule has 1 amide bonds. The van der Waals surface area contributed by atoms with Crippen molar-refractivity contribution < 1.29 is 19.2 Å². The first-order valence-corrected chi connectivity index (χ1v) is 10.0. The summed E-state index contributed by atoms with van der Waals surface area (Å²) in [7, 11) is 1.38. The number of carbonyl (C=O) groups excluding carboxylic acids is 1. The molecule has 0 spiro atoms. The minimum absolute atomic E-state index is 0.0521. The van der Waals surface area contributed by atoms with Gasteiger partial charge in [-0.2, -0.15) is 5.26 Å². The average molecular weight is 464 g/mol. The normalized spacial score (nSPS) is 10.8. The SMILES string of the molecule is COc1ccc(NC(=O)/C(C#N)=C/c2cccc(OCc3ccccc3Cl)c2)c([N+](=O)[O-])c1. The molecule has 0 saturated carbocycles. The van der Waals surface area contributed by atoms with Gasteiger partial charge in [0.15, 0.2) is 0 Å². The van der Waals surface area contributed by atoms with Crippen molar-refractivity contribution in [3.8, 4) is 17.6 Å². The number of nitro groups is 1. The Kier molecular flexibility index (Phi) is 7.63. The van der Waals surface area contributed by atoms with E-state index in [1.54, 1.807) is 30.3 Å². The fourth-order valence-electron chi connectivity index (χ4n) is 2.87. The number of rotatable bonds is 8. The highest BCUT2D eigenvalue weighted by Crippen LogP contribution is 2.29. The Morgan fingerprint density at radius 2 is 1.94 bits per heavy atom. The molecule has 3 rings (SSSR count). The first kappa shape index (κ1) is 23.3. The van der Waals surface area contributed by atoms with Gasteiger partial charge in [-0.15, -0.1) is 0 Å². The van der Waals surface area contributed by atoms with E-state index >= 15 is 0 Å². The van der Waals surface area contributed by atoms with Crippen LogP contribution in [0.25, 0.3) is 6.08 Å². The van der Waals surface area contributed by atoms with Gasteiger partial charge in [-0.05, 0) is 42.0 Å². The number of ether oxygens (including phenoxy) is 2. The summed E-state index contributed by atoms with van der Waals surface area (Å²) in [6, 6.07) is 19.9. The summed E-state index contributed by atoms with van der Waals surface area (Å²) >= 11 is 6.14. The minimum atomic E-state index is -0.784. The van der Waals surface area contributed by atoms with Gasteiger partial charge >= 0.3 is 0 Å². The predicted molar refractivity (Wildman–Crippen MR) is 124 cm³/mol. The molecule has 0 aliphatic rings. The van der Waals surface area contributed by atoms with Crippen LogP contribution in [0.15, 0.2) is 72.3 Å². The molecule has 3 aromatic carbocycles. The van der Waals surface area contributed by atoms with Crippen molar-refractivity contribution in [2.45, 2.75) is 6.61 Å². The van der Waals surface area contributed by atoms with Gasteiger partial charge in [0.25, 0.3) is 11.6 Å². The Labute approximate surface area is 194 Å². The zero-order chi connectivity index (χ0) is 23.8. The first-order chi connectivity index (χ1) is 15.9. The molecular formula is C24H18ClN3O5. The van der Waals surface area contributed by atoms with Gasteiger partial charge in [-0.3, -0.25) is 14.9 Å². The zero-order valence-electron chi connectivity index (χ0n) is 17.4. The average Bonchev–Trinajstić information content (AvgIpc) is 2.82. The Hall–Kier alpha value is -4.35. The molecule has 0 aliphatic carbocycles. The number of nitro benzene ring substituents is 1. The number of benzene rings is 3. The summed E-state index contributed by atoms with van der Waals surface area (Å²) in [4.78, 5) is 23.3. The Balaban J connectivity index is 1.77. The number of amides is 1. The Morgan fingerprint density at radius 3 is 2.64 bits per heavy atom. The lowest BCUT2D eigenvalue weighted by molar-refractivity contribution is -0.384. The van der Waals surface area contributed by atoms with Crippen LogP contribution >= 0.6 is 11.6 Å². The summed E-state index contributed by atoms with van der Waals surface area (Å²) in [5, 5.41) is 23.8. The van der Waals surface area contributed by atoms with E-state index in [1.165, 1.54) is 31.4 Å². The number of halogens is 1. The second-order valence-corrected chi connectivity index (χ2v) is 7.12. The number of nitrogens with one attached hydrogen (secondary N) is 1. The van der Waals surface area contributed by atoms with Crippen molar-refractivity contribution in [3.63, 3.8) is 0 Å². The Bertz CT molecular complexity index is 1270. The van der Waals surface area contributed by atoms with Crippen LogP contribution in [0.4, 0.5) is 11.4 Å². The van der Waals surface area contributed by atoms with Crippen LogP contribution in [0.3, 0.4) is 0 Å². The third kappa shape index (κ3) is 6.09. The lowest BCUT2D eigenvalue weighted by Gasteiger charge is -2.09. The fraction of sp³-hybridized carbons (Fsp3) is 0.0833. The van der Waals surface area contributed by atoms with Gasteiger partial charge in [-0.25, -0.2) is 0 Å². The fourth-order valence-corrected chi connectivity index (χ4v) is 3.06. The van der Waals surface area contributed by atoms with Crippen molar-refractivity contribution in [2.75, 3.05) is 12.4 Å². The van der Waals surface area contributed by atoms with Crippen LogP contribution < -0.4 is 14.8 Å². The van der Waals surface area contributed by atoms with Crippen LogP contribution in [-0.4, -0.2) is 17.9 Å². The lowest BCUT2D eigenvalue weighted by atomic mass is 10.1. The van der Waals surface area contributed by atoms with E-state index in [9.17, 15) is 20.2 Å². The van der Waals surface area contributed by atoms with Gasteiger partial charge in [0.05, 0.1) is 18.1 Å². The molecule has 0 heterocycles. The van der Waals surface area contributed by atoms with Crippen molar-refractivity contribution in [3.05, 3.63) is 98.6 Å². The molecule has 0 atom stereocenters. The number of hydrogen-bond acceptors (Lipinski definition) is 6. The third-order valence-corrected chi connectivity index (χ3v) is 4.90. The highest BCUT2D eigenvalue weighted by Gasteiger charge is 2.19. The molecule has 0 unspecified atom stereocenters. The summed E-state index contributed by atoms with van der Waals surface area (Å²) in [5.41, 5.74) is 0.725. The first-order valence-electron chi connectivity index (χ1n) is 9.63. The summed E-state index contributed by atoms with van der Waals surface area (Å²) < 4.78 is 10.7. The molecule has 0 radical (unpaired) electrons. The van der Waals surface area contributed by atoms with Crippen LogP contribution in [0, 0.1) is 21.4 Å². The van der Waals surface area contributed by atoms with Crippen LogP contribution in [-0.2, 0) is 11.4 Å². The molecular weight excluding hydrogens is 446 g/mol. The molecule has 9 heteroatoms. The van der Waals surface area contributed by atoms with Crippen molar-refractivity contribution in [1.82, 2.24) is 0 Å². The van der Waals surface area contributed by atoms with Crippen molar-refractivity contribution in [2.24, 2.45) is 0 Å². The topological polar surface area (TPSA) is 114 Å². The third-order valence-electron chi connectivity index (χ3n) is 4.54. The van der Waals surface area contributed by atoms with E-state index in [-0.39, 0.29) is 29.3 Å². The van der Waals surface area contributed by atoms with Crippen molar-refractivity contribution in [1.29, 1.82) is 5.26 Å². The number of hydrogen-bond donors (Lipinski definition) is 1. The second kappa shape index (κ2) is 10.8. The predicted octanol–water partition coefficient (Wildman–Crippen LogP) is 5.38. The number of carbonyl (C=O) groups is 1. The van der Waals surface area contributed by atoms with Crippen molar-refractivity contribution >= 4 is 35.0 Å². The van der Waals surface area contributed by atoms with E-state index in [0.29, 0.717) is 16.3 Å². The maximum Gasteiger partial charge on any atom is 0.296 e. The van der Waals surface area contributed by atoms with Crippen LogP contribution in [0.5, 0.6) is 11.5 Å². The molecule has 0 fully saturated rings. The monoisotopic (exact) mass is 463 g/mol. The van der Waals surface area contributed by atoms with E-state index in [0.717, 1.165) is 5.56 Å². The minimum Gasteiger partial charge on any atom is -0.496 e.